The molecule has 0 aliphatic heterocycles. The van der Waals surface area contributed by atoms with E-state index in [0.29, 0.717) is 0 Å². The summed E-state index contributed by atoms with van der Waals surface area (Å²) in [4.78, 5) is 0. The molecule has 0 saturated heterocycles. The molecular weight excluding hydrogens is 254 g/mol. The van der Waals surface area contributed by atoms with E-state index in [1.165, 1.54) is 48.8 Å². The Morgan fingerprint density at radius 3 is 2.10 bits per heavy atom. The molecule has 1 nitrogen and oxygen atoms in total. The van der Waals surface area contributed by atoms with Crippen LogP contribution in [0.1, 0.15) is 60.8 Å². The third-order valence-corrected chi connectivity index (χ3v) is 5.60. The van der Waals surface area contributed by atoms with Crippen molar-refractivity contribution in [3.05, 3.63) is 71.3 Å². The fraction of sp³-hybridized carbons (Fsp3) is 0.400. The summed E-state index contributed by atoms with van der Waals surface area (Å²) in [6.45, 7) is 0. The van der Waals surface area contributed by atoms with Crippen molar-refractivity contribution in [2.24, 2.45) is 5.73 Å². The second kappa shape index (κ2) is 4.99. The lowest BCUT2D eigenvalue weighted by Crippen LogP contribution is -2.26. The summed E-state index contributed by atoms with van der Waals surface area (Å²) in [6, 6.07) is 20.1. The van der Waals surface area contributed by atoms with Crippen molar-refractivity contribution in [3.63, 3.8) is 0 Å². The van der Waals surface area contributed by atoms with Gasteiger partial charge in [0.2, 0.25) is 0 Å². The average Bonchev–Trinajstić information content (AvgIpc) is 3.28. The van der Waals surface area contributed by atoms with Crippen LogP contribution in [0, 0.1) is 0 Å². The zero-order valence-electron chi connectivity index (χ0n) is 12.5. The molecule has 0 heterocycles. The zero-order chi connectivity index (χ0) is 14.3. The fourth-order valence-electron chi connectivity index (χ4n) is 3.72. The lowest BCUT2D eigenvalue weighted by atomic mass is 9.79. The molecular formula is C20H23N. The Kier molecular flexibility index (Phi) is 3.11. The summed E-state index contributed by atoms with van der Waals surface area (Å²) in [5.41, 5.74) is 11.0. The molecule has 1 unspecified atom stereocenters. The van der Waals surface area contributed by atoms with E-state index >= 15 is 0 Å². The van der Waals surface area contributed by atoms with Gasteiger partial charge in [-0.2, -0.15) is 0 Å². The summed E-state index contributed by atoms with van der Waals surface area (Å²) in [5.74, 6) is 0.805. The number of hydrogen-bond donors (Lipinski definition) is 1. The Balaban J connectivity index is 1.58. The van der Waals surface area contributed by atoms with Gasteiger partial charge in [-0.1, -0.05) is 61.0 Å². The van der Waals surface area contributed by atoms with E-state index in [1.807, 2.05) is 0 Å². The topological polar surface area (TPSA) is 26.0 Å². The maximum Gasteiger partial charge on any atom is 0.0393 e. The van der Waals surface area contributed by atoms with E-state index < -0.39 is 0 Å². The quantitative estimate of drug-likeness (QED) is 0.862. The number of hydrogen-bond acceptors (Lipinski definition) is 1. The normalized spacial score (nSPS) is 21.6. The standard InChI is InChI=1S/C20H23N/c21-19(20(13-14-20)18-7-2-1-3-8-18)17-11-9-16(10-12-17)15-5-4-6-15/h1-3,7-12,15,19H,4-6,13-14,21H2. The van der Waals surface area contributed by atoms with Gasteiger partial charge in [0.05, 0.1) is 0 Å². The first-order chi connectivity index (χ1) is 10.3. The van der Waals surface area contributed by atoms with Crippen molar-refractivity contribution in [1.82, 2.24) is 0 Å². The minimum atomic E-state index is 0.121. The minimum Gasteiger partial charge on any atom is -0.323 e. The highest BCUT2D eigenvalue weighted by molar-refractivity contribution is 5.39. The van der Waals surface area contributed by atoms with Gasteiger partial charge in [-0.15, -0.1) is 0 Å². The highest BCUT2D eigenvalue weighted by Crippen LogP contribution is 2.55. The van der Waals surface area contributed by atoms with Crippen molar-refractivity contribution in [2.45, 2.75) is 49.5 Å². The van der Waals surface area contributed by atoms with Crippen molar-refractivity contribution in [2.75, 3.05) is 0 Å². The van der Waals surface area contributed by atoms with Crippen LogP contribution in [0.15, 0.2) is 54.6 Å². The Morgan fingerprint density at radius 1 is 0.905 bits per heavy atom. The first-order valence-corrected chi connectivity index (χ1v) is 8.21. The average molecular weight is 277 g/mol. The van der Waals surface area contributed by atoms with Gasteiger partial charge in [0.25, 0.3) is 0 Å². The molecule has 2 N–H and O–H groups in total. The molecule has 0 bridgehead atoms. The highest BCUT2D eigenvalue weighted by atomic mass is 14.7. The number of nitrogens with two attached hydrogens (primary N) is 1. The molecule has 2 fully saturated rings. The predicted molar refractivity (Wildman–Crippen MR) is 87.3 cm³/mol. The lowest BCUT2D eigenvalue weighted by molar-refractivity contribution is 0.419. The van der Waals surface area contributed by atoms with E-state index in [0.717, 1.165) is 5.92 Å². The molecule has 2 aliphatic carbocycles. The molecule has 21 heavy (non-hydrogen) atoms. The molecule has 2 aliphatic rings. The summed E-state index contributed by atoms with van der Waals surface area (Å²) in [6.07, 6.45) is 6.53. The predicted octanol–water partition coefficient (Wildman–Crippen LogP) is 4.69. The van der Waals surface area contributed by atoms with Crippen LogP contribution in [-0.4, -0.2) is 0 Å². The monoisotopic (exact) mass is 277 g/mol. The molecule has 1 heteroatoms. The maximum absolute atomic E-state index is 6.64. The van der Waals surface area contributed by atoms with E-state index in [4.69, 9.17) is 5.73 Å². The van der Waals surface area contributed by atoms with Gasteiger partial charge < -0.3 is 5.73 Å². The van der Waals surface area contributed by atoms with Crippen LogP contribution in [0.4, 0.5) is 0 Å². The molecule has 0 radical (unpaired) electrons. The van der Waals surface area contributed by atoms with Gasteiger partial charge in [-0.25, -0.2) is 0 Å². The second-order valence-corrected chi connectivity index (χ2v) is 6.79. The van der Waals surface area contributed by atoms with Gasteiger partial charge >= 0.3 is 0 Å². The zero-order valence-corrected chi connectivity index (χ0v) is 12.5. The minimum absolute atomic E-state index is 0.121. The molecule has 1 atom stereocenters. The fourth-order valence-corrected chi connectivity index (χ4v) is 3.72. The van der Waals surface area contributed by atoms with Gasteiger partial charge in [-0.05, 0) is 48.3 Å². The van der Waals surface area contributed by atoms with Crippen molar-refractivity contribution >= 4 is 0 Å². The molecule has 0 amide bonds. The molecule has 2 aromatic carbocycles. The molecule has 2 aromatic rings. The first-order valence-electron chi connectivity index (χ1n) is 8.21. The third-order valence-electron chi connectivity index (χ3n) is 5.60. The molecule has 108 valence electrons. The third kappa shape index (κ3) is 2.20. The maximum atomic E-state index is 6.64. The van der Waals surface area contributed by atoms with Crippen LogP contribution < -0.4 is 5.73 Å². The summed E-state index contributed by atoms with van der Waals surface area (Å²) in [7, 11) is 0. The van der Waals surface area contributed by atoms with E-state index in [2.05, 4.69) is 54.6 Å². The first kappa shape index (κ1) is 13.1. The summed E-state index contributed by atoms with van der Waals surface area (Å²) < 4.78 is 0. The smallest absolute Gasteiger partial charge is 0.0393 e. The van der Waals surface area contributed by atoms with Gasteiger partial charge in [0.15, 0.2) is 0 Å². The Hall–Kier alpha value is -1.60. The van der Waals surface area contributed by atoms with E-state index in [-0.39, 0.29) is 11.5 Å². The van der Waals surface area contributed by atoms with E-state index in [9.17, 15) is 0 Å². The number of benzene rings is 2. The van der Waals surface area contributed by atoms with Gasteiger partial charge in [0.1, 0.15) is 0 Å². The van der Waals surface area contributed by atoms with Crippen LogP contribution in [0.25, 0.3) is 0 Å². The molecule has 2 saturated carbocycles. The van der Waals surface area contributed by atoms with Gasteiger partial charge in [0, 0.05) is 11.5 Å². The van der Waals surface area contributed by atoms with Crippen molar-refractivity contribution in [1.29, 1.82) is 0 Å². The number of rotatable bonds is 4. The van der Waals surface area contributed by atoms with Crippen LogP contribution in [-0.2, 0) is 5.41 Å². The van der Waals surface area contributed by atoms with Gasteiger partial charge in [-0.3, -0.25) is 0 Å². The summed E-state index contributed by atoms with van der Waals surface area (Å²) in [5, 5.41) is 0. The van der Waals surface area contributed by atoms with Crippen LogP contribution >= 0.6 is 0 Å². The largest absolute Gasteiger partial charge is 0.323 e. The van der Waals surface area contributed by atoms with Crippen molar-refractivity contribution < 1.29 is 0 Å². The molecule has 0 aromatic heterocycles. The Labute approximate surface area is 127 Å². The molecule has 0 spiro atoms. The summed E-state index contributed by atoms with van der Waals surface area (Å²) >= 11 is 0. The second-order valence-electron chi connectivity index (χ2n) is 6.79. The highest BCUT2D eigenvalue weighted by Gasteiger charge is 2.49. The molecule has 4 rings (SSSR count). The van der Waals surface area contributed by atoms with Crippen LogP contribution in [0.5, 0.6) is 0 Å². The Morgan fingerprint density at radius 2 is 1.57 bits per heavy atom. The van der Waals surface area contributed by atoms with Crippen molar-refractivity contribution in [3.8, 4) is 0 Å². The Bertz CT molecular complexity index is 606. The lowest BCUT2D eigenvalue weighted by Gasteiger charge is -2.27. The van der Waals surface area contributed by atoms with Crippen LogP contribution in [0.3, 0.4) is 0 Å². The SMILES string of the molecule is NC(c1ccc(C2CCC2)cc1)C1(c2ccccc2)CC1. The van der Waals surface area contributed by atoms with E-state index in [1.54, 1.807) is 0 Å². The van der Waals surface area contributed by atoms with Crippen LogP contribution in [0.2, 0.25) is 0 Å².